The molecule has 0 amide bonds. The summed E-state index contributed by atoms with van der Waals surface area (Å²) in [5.74, 6) is 3.03. The van der Waals surface area contributed by atoms with Crippen molar-refractivity contribution in [3.05, 3.63) is 11.9 Å². The van der Waals surface area contributed by atoms with E-state index >= 15 is 0 Å². The van der Waals surface area contributed by atoms with Gasteiger partial charge >= 0.3 is 0 Å². The molecule has 2 aliphatic carbocycles. The quantitative estimate of drug-likeness (QED) is 0.817. The normalized spacial score (nSPS) is 28.6. The van der Waals surface area contributed by atoms with Crippen LogP contribution >= 0.6 is 0 Å². The molecule has 1 N–H and O–H groups in total. The minimum absolute atomic E-state index is 0.793. The Balaban J connectivity index is 1.41. The van der Waals surface area contributed by atoms with Crippen molar-refractivity contribution in [1.29, 1.82) is 0 Å². The van der Waals surface area contributed by atoms with E-state index in [2.05, 4.69) is 27.6 Å². The number of aromatic nitrogens is 3. The van der Waals surface area contributed by atoms with Crippen LogP contribution in [0.15, 0.2) is 6.20 Å². The molecule has 0 aliphatic heterocycles. The fourth-order valence-electron chi connectivity index (χ4n) is 4.07. The number of hydrogen-bond acceptors (Lipinski definition) is 4. The largest absolute Gasteiger partial charge is 0.314 e. The van der Waals surface area contributed by atoms with Crippen molar-refractivity contribution in [1.82, 2.24) is 25.2 Å². The molecule has 20 heavy (non-hydrogen) atoms. The van der Waals surface area contributed by atoms with E-state index < -0.39 is 0 Å². The first kappa shape index (κ1) is 14.0. The van der Waals surface area contributed by atoms with Gasteiger partial charge in [-0.25, -0.2) is 0 Å². The Morgan fingerprint density at radius 3 is 3.00 bits per heavy atom. The molecule has 3 atom stereocenters. The summed E-state index contributed by atoms with van der Waals surface area (Å²) in [6, 6.07) is 0. The maximum atomic E-state index is 4.18. The van der Waals surface area contributed by atoms with E-state index in [9.17, 15) is 0 Å². The summed E-state index contributed by atoms with van der Waals surface area (Å²) < 4.78 is 1.96. The highest BCUT2D eigenvalue weighted by atomic mass is 15.4. The summed E-state index contributed by atoms with van der Waals surface area (Å²) in [6.07, 6.45) is 8.01. The van der Waals surface area contributed by atoms with Crippen LogP contribution in [0.25, 0.3) is 0 Å². The monoisotopic (exact) mass is 277 g/mol. The average molecular weight is 277 g/mol. The smallest absolute Gasteiger partial charge is 0.0964 e. The fraction of sp³-hybridized carbons (Fsp3) is 0.867. The topological polar surface area (TPSA) is 46.0 Å². The first-order valence-electron chi connectivity index (χ1n) is 7.96. The Bertz CT molecular complexity index is 430. The molecule has 112 valence electrons. The molecule has 0 radical (unpaired) electrons. The van der Waals surface area contributed by atoms with Crippen LogP contribution in [0, 0.1) is 17.8 Å². The molecule has 1 heterocycles. The number of rotatable bonds is 7. The molecule has 3 unspecified atom stereocenters. The third kappa shape index (κ3) is 3.20. The van der Waals surface area contributed by atoms with E-state index in [1.165, 1.54) is 32.2 Å². The van der Waals surface area contributed by atoms with E-state index in [0.717, 1.165) is 43.1 Å². The van der Waals surface area contributed by atoms with Gasteiger partial charge in [0.15, 0.2) is 0 Å². The highest BCUT2D eigenvalue weighted by molar-refractivity contribution is 4.92. The number of nitrogens with zero attached hydrogens (tertiary/aromatic N) is 4. The molecule has 5 heteroatoms. The van der Waals surface area contributed by atoms with Gasteiger partial charge in [0.2, 0.25) is 0 Å². The van der Waals surface area contributed by atoms with Gasteiger partial charge in [-0.2, -0.15) is 0 Å². The van der Waals surface area contributed by atoms with Crippen LogP contribution in [-0.2, 0) is 13.1 Å². The van der Waals surface area contributed by atoms with Crippen molar-refractivity contribution in [2.75, 3.05) is 27.2 Å². The molecular weight excluding hydrogens is 250 g/mol. The van der Waals surface area contributed by atoms with Crippen LogP contribution in [0.4, 0.5) is 0 Å². The first-order valence-corrected chi connectivity index (χ1v) is 7.96. The van der Waals surface area contributed by atoms with Gasteiger partial charge in [0.1, 0.15) is 0 Å². The summed E-state index contributed by atoms with van der Waals surface area (Å²) in [4.78, 5) is 2.48. The lowest BCUT2D eigenvalue weighted by atomic mass is 9.88. The minimum Gasteiger partial charge on any atom is -0.314 e. The number of nitrogens with one attached hydrogen (secondary N) is 1. The molecule has 0 saturated heterocycles. The predicted molar refractivity (Wildman–Crippen MR) is 79.2 cm³/mol. The van der Waals surface area contributed by atoms with Crippen LogP contribution in [0.5, 0.6) is 0 Å². The molecule has 3 rings (SSSR count). The van der Waals surface area contributed by atoms with Crippen molar-refractivity contribution >= 4 is 0 Å². The van der Waals surface area contributed by atoms with Crippen LogP contribution < -0.4 is 5.32 Å². The molecule has 2 saturated carbocycles. The third-order valence-corrected chi connectivity index (χ3v) is 5.09. The fourth-order valence-corrected chi connectivity index (χ4v) is 4.07. The van der Waals surface area contributed by atoms with Gasteiger partial charge in [-0.15, -0.1) is 5.10 Å². The van der Waals surface area contributed by atoms with E-state index in [-0.39, 0.29) is 0 Å². The predicted octanol–water partition coefficient (Wildman–Crippen LogP) is 1.37. The Hall–Kier alpha value is -0.940. The summed E-state index contributed by atoms with van der Waals surface area (Å²) in [6.45, 7) is 4.06. The molecule has 0 spiro atoms. The second-order valence-electron chi connectivity index (χ2n) is 6.70. The van der Waals surface area contributed by atoms with Crippen molar-refractivity contribution in [3.63, 3.8) is 0 Å². The van der Waals surface area contributed by atoms with E-state index in [0.29, 0.717) is 0 Å². The summed E-state index contributed by atoms with van der Waals surface area (Å²) in [7, 11) is 4.18. The lowest BCUT2D eigenvalue weighted by Crippen LogP contribution is -2.31. The van der Waals surface area contributed by atoms with Gasteiger partial charge in [0.05, 0.1) is 12.2 Å². The second kappa shape index (κ2) is 6.22. The molecule has 2 bridgehead atoms. The molecule has 5 nitrogen and oxygen atoms in total. The maximum Gasteiger partial charge on any atom is 0.0964 e. The van der Waals surface area contributed by atoms with Crippen LogP contribution in [0.1, 0.15) is 31.4 Å². The maximum absolute atomic E-state index is 4.18. The third-order valence-electron chi connectivity index (χ3n) is 5.09. The van der Waals surface area contributed by atoms with Crippen molar-refractivity contribution < 1.29 is 0 Å². The van der Waals surface area contributed by atoms with Crippen molar-refractivity contribution in [2.45, 2.75) is 38.8 Å². The average Bonchev–Trinajstić information content (AvgIpc) is 3.13. The number of hydrogen-bond donors (Lipinski definition) is 1. The Kier molecular flexibility index (Phi) is 4.36. The van der Waals surface area contributed by atoms with Gasteiger partial charge in [0, 0.05) is 25.8 Å². The van der Waals surface area contributed by atoms with E-state index in [1.54, 1.807) is 0 Å². The molecular formula is C15H27N5. The van der Waals surface area contributed by atoms with Gasteiger partial charge in [-0.05, 0) is 51.1 Å². The van der Waals surface area contributed by atoms with Crippen molar-refractivity contribution in [3.8, 4) is 0 Å². The van der Waals surface area contributed by atoms with Crippen LogP contribution in [-0.4, -0.2) is 47.1 Å². The first-order chi connectivity index (χ1) is 9.74. The lowest BCUT2D eigenvalue weighted by Gasteiger charge is -2.27. The van der Waals surface area contributed by atoms with Gasteiger partial charge < -0.3 is 10.2 Å². The number of fused-ring (bicyclic) bond motifs is 2. The standard InChI is InChI=1S/C15H27N5/c1-16-9-15-11-20(18-17-15)6-5-19(2)10-14-8-12-3-4-13(14)7-12/h11-14,16H,3-10H2,1-2H3. The zero-order valence-corrected chi connectivity index (χ0v) is 12.8. The highest BCUT2D eigenvalue weighted by Crippen LogP contribution is 2.48. The van der Waals surface area contributed by atoms with Crippen molar-refractivity contribution in [2.24, 2.45) is 17.8 Å². The zero-order valence-electron chi connectivity index (χ0n) is 12.8. The van der Waals surface area contributed by atoms with E-state index in [4.69, 9.17) is 0 Å². The molecule has 2 aliphatic rings. The molecule has 1 aromatic rings. The number of likely N-dealkylation sites (N-methyl/N-ethyl adjacent to an activating group) is 1. The van der Waals surface area contributed by atoms with Gasteiger partial charge in [0.25, 0.3) is 0 Å². The molecule has 0 aromatic carbocycles. The Morgan fingerprint density at radius 2 is 2.30 bits per heavy atom. The SMILES string of the molecule is CNCc1cn(CCN(C)CC2CC3CCC2C3)nn1. The lowest BCUT2D eigenvalue weighted by molar-refractivity contribution is 0.212. The molecule has 2 fully saturated rings. The van der Waals surface area contributed by atoms with Crippen LogP contribution in [0.3, 0.4) is 0 Å². The molecule has 1 aromatic heterocycles. The summed E-state index contributed by atoms with van der Waals surface area (Å²) in [5, 5.41) is 11.4. The second-order valence-corrected chi connectivity index (χ2v) is 6.70. The highest BCUT2D eigenvalue weighted by Gasteiger charge is 2.39. The zero-order chi connectivity index (χ0) is 13.9. The summed E-state index contributed by atoms with van der Waals surface area (Å²) >= 11 is 0. The van der Waals surface area contributed by atoms with Crippen LogP contribution in [0.2, 0.25) is 0 Å². The van der Waals surface area contributed by atoms with Gasteiger partial charge in [-0.1, -0.05) is 11.6 Å². The van der Waals surface area contributed by atoms with Gasteiger partial charge in [-0.3, -0.25) is 4.68 Å². The minimum atomic E-state index is 0.793. The Morgan fingerprint density at radius 1 is 1.40 bits per heavy atom. The Labute approximate surface area is 121 Å². The summed E-state index contributed by atoms with van der Waals surface area (Å²) in [5.41, 5.74) is 1.02. The van der Waals surface area contributed by atoms with E-state index in [1.807, 2.05) is 17.9 Å².